The zero-order valence-electron chi connectivity index (χ0n) is 12.2. The molecule has 19 heavy (non-hydrogen) atoms. The van der Waals surface area contributed by atoms with Crippen LogP contribution < -0.4 is 4.74 Å². The Kier molecular flexibility index (Phi) is 5.67. The van der Waals surface area contributed by atoms with Gasteiger partial charge in [-0.1, -0.05) is 18.2 Å². The van der Waals surface area contributed by atoms with Gasteiger partial charge < -0.3 is 9.64 Å². The van der Waals surface area contributed by atoms with Gasteiger partial charge in [0.2, 0.25) is 0 Å². The molecular formula is C16H26N2O. The summed E-state index contributed by atoms with van der Waals surface area (Å²) >= 11 is 0. The van der Waals surface area contributed by atoms with Gasteiger partial charge in [-0.3, -0.25) is 4.90 Å². The molecule has 1 aliphatic heterocycles. The van der Waals surface area contributed by atoms with Crippen LogP contribution in [0.3, 0.4) is 0 Å². The van der Waals surface area contributed by atoms with Crippen molar-refractivity contribution < 1.29 is 4.74 Å². The van der Waals surface area contributed by atoms with Crippen LogP contribution in [-0.2, 0) is 0 Å². The summed E-state index contributed by atoms with van der Waals surface area (Å²) in [6, 6.07) is 10.8. The molecule has 3 nitrogen and oxygen atoms in total. The zero-order valence-corrected chi connectivity index (χ0v) is 12.2. The third-order valence-corrected chi connectivity index (χ3v) is 3.77. The van der Waals surface area contributed by atoms with Gasteiger partial charge in [-0.15, -0.1) is 0 Å². The van der Waals surface area contributed by atoms with Gasteiger partial charge in [-0.05, 0) is 32.4 Å². The molecule has 1 aromatic rings. The standard InChI is InChI=1S/C16H26N2O/c1-15(2)18-12-10-17(11-13-18)9-6-14-19-16-7-4-3-5-8-16/h3-5,7-8,15H,6,9-14H2,1-2H3. The van der Waals surface area contributed by atoms with Crippen LogP contribution in [0.1, 0.15) is 20.3 Å². The van der Waals surface area contributed by atoms with Crippen molar-refractivity contribution in [3.05, 3.63) is 30.3 Å². The van der Waals surface area contributed by atoms with E-state index in [4.69, 9.17) is 4.74 Å². The van der Waals surface area contributed by atoms with Gasteiger partial charge in [-0.25, -0.2) is 0 Å². The van der Waals surface area contributed by atoms with Gasteiger partial charge in [0, 0.05) is 38.8 Å². The number of ether oxygens (including phenoxy) is 1. The number of hydrogen-bond donors (Lipinski definition) is 0. The summed E-state index contributed by atoms with van der Waals surface area (Å²) in [6.45, 7) is 11.3. The second-order valence-electron chi connectivity index (χ2n) is 5.49. The molecule has 0 radical (unpaired) electrons. The molecule has 0 bridgehead atoms. The predicted octanol–water partition coefficient (Wildman–Crippen LogP) is 2.48. The van der Waals surface area contributed by atoms with E-state index in [2.05, 4.69) is 23.6 Å². The summed E-state index contributed by atoms with van der Waals surface area (Å²) in [5.41, 5.74) is 0. The average Bonchev–Trinajstić information content (AvgIpc) is 2.45. The van der Waals surface area contributed by atoms with Gasteiger partial charge in [0.25, 0.3) is 0 Å². The number of benzene rings is 1. The molecule has 0 amide bonds. The van der Waals surface area contributed by atoms with Crippen LogP contribution in [0.4, 0.5) is 0 Å². The Labute approximate surface area is 117 Å². The fourth-order valence-electron chi connectivity index (χ4n) is 2.50. The Hall–Kier alpha value is -1.06. The van der Waals surface area contributed by atoms with Crippen molar-refractivity contribution in [3.63, 3.8) is 0 Å². The highest BCUT2D eigenvalue weighted by molar-refractivity contribution is 5.20. The molecule has 0 spiro atoms. The lowest BCUT2D eigenvalue weighted by Crippen LogP contribution is -2.49. The molecule has 0 atom stereocenters. The van der Waals surface area contributed by atoms with Crippen LogP contribution in [-0.4, -0.2) is 55.2 Å². The maximum atomic E-state index is 5.72. The molecular weight excluding hydrogens is 236 g/mol. The molecule has 1 aliphatic rings. The fraction of sp³-hybridized carbons (Fsp3) is 0.625. The SMILES string of the molecule is CC(C)N1CCN(CCCOc2ccccc2)CC1. The smallest absolute Gasteiger partial charge is 0.119 e. The van der Waals surface area contributed by atoms with Crippen LogP contribution in [0, 0.1) is 0 Å². The van der Waals surface area contributed by atoms with E-state index in [-0.39, 0.29) is 0 Å². The number of nitrogens with zero attached hydrogens (tertiary/aromatic N) is 2. The Morgan fingerprint density at radius 2 is 1.74 bits per heavy atom. The van der Waals surface area contributed by atoms with Crippen LogP contribution in [0.5, 0.6) is 5.75 Å². The van der Waals surface area contributed by atoms with E-state index < -0.39 is 0 Å². The van der Waals surface area contributed by atoms with Gasteiger partial charge in [-0.2, -0.15) is 0 Å². The highest BCUT2D eigenvalue weighted by atomic mass is 16.5. The van der Waals surface area contributed by atoms with E-state index >= 15 is 0 Å². The molecule has 106 valence electrons. The Morgan fingerprint density at radius 3 is 2.37 bits per heavy atom. The second kappa shape index (κ2) is 7.51. The highest BCUT2D eigenvalue weighted by Gasteiger charge is 2.17. The maximum absolute atomic E-state index is 5.72. The van der Waals surface area contributed by atoms with Crippen molar-refractivity contribution in [2.75, 3.05) is 39.3 Å². The second-order valence-corrected chi connectivity index (χ2v) is 5.49. The number of piperazine rings is 1. The Balaban J connectivity index is 1.57. The van der Waals surface area contributed by atoms with E-state index in [1.807, 2.05) is 30.3 Å². The lowest BCUT2D eigenvalue weighted by atomic mass is 10.2. The van der Waals surface area contributed by atoms with Crippen LogP contribution in [0.25, 0.3) is 0 Å². The van der Waals surface area contributed by atoms with E-state index in [0.29, 0.717) is 6.04 Å². The third kappa shape index (κ3) is 4.84. The molecule has 1 fully saturated rings. The predicted molar refractivity (Wildman–Crippen MR) is 79.7 cm³/mol. The van der Waals surface area contributed by atoms with Crippen molar-refractivity contribution in [1.29, 1.82) is 0 Å². The molecule has 2 rings (SSSR count). The van der Waals surface area contributed by atoms with Crippen molar-refractivity contribution in [3.8, 4) is 5.75 Å². The normalized spacial score (nSPS) is 17.8. The lowest BCUT2D eigenvalue weighted by Gasteiger charge is -2.36. The van der Waals surface area contributed by atoms with Gasteiger partial charge in [0.1, 0.15) is 5.75 Å². The van der Waals surface area contributed by atoms with Crippen molar-refractivity contribution in [2.45, 2.75) is 26.3 Å². The molecule has 1 saturated heterocycles. The summed E-state index contributed by atoms with van der Waals surface area (Å²) in [4.78, 5) is 5.10. The van der Waals surface area contributed by atoms with Crippen LogP contribution in [0.15, 0.2) is 30.3 Å². The molecule has 0 unspecified atom stereocenters. The summed E-state index contributed by atoms with van der Waals surface area (Å²) in [7, 11) is 0. The summed E-state index contributed by atoms with van der Waals surface area (Å²) in [5, 5.41) is 0. The minimum atomic E-state index is 0.684. The van der Waals surface area contributed by atoms with Crippen molar-refractivity contribution >= 4 is 0 Å². The molecule has 3 heteroatoms. The highest BCUT2D eigenvalue weighted by Crippen LogP contribution is 2.09. The first kappa shape index (κ1) is 14.4. The molecule has 0 aliphatic carbocycles. The van der Waals surface area contributed by atoms with E-state index in [1.54, 1.807) is 0 Å². The Morgan fingerprint density at radius 1 is 1.05 bits per heavy atom. The van der Waals surface area contributed by atoms with Gasteiger partial charge in [0.05, 0.1) is 6.61 Å². The van der Waals surface area contributed by atoms with E-state index in [9.17, 15) is 0 Å². The number of rotatable bonds is 6. The first-order valence-corrected chi connectivity index (χ1v) is 7.40. The minimum absolute atomic E-state index is 0.684. The monoisotopic (exact) mass is 262 g/mol. The minimum Gasteiger partial charge on any atom is -0.494 e. The molecule has 0 aromatic heterocycles. The van der Waals surface area contributed by atoms with Crippen molar-refractivity contribution in [1.82, 2.24) is 9.80 Å². The van der Waals surface area contributed by atoms with Gasteiger partial charge in [0.15, 0.2) is 0 Å². The fourth-order valence-corrected chi connectivity index (χ4v) is 2.50. The first-order valence-electron chi connectivity index (χ1n) is 7.40. The van der Waals surface area contributed by atoms with Gasteiger partial charge >= 0.3 is 0 Å². The summed E-state index contributed by atoms with van der Waals surface area (Å²) in [6.07, 6.45) is 1.11. The molecule has 0 saturated carbocycles. The summed E-state index contributed by atoms with van der Waals surface area (Å²) in [5.74, 6) is 0.979. The quantitative estimate of drug-likeness (QED) is 0.733. The van der Waals surface area contributed by atoms with E-state index in [0.717, 1.165) is 25.3 Å². The number of hydrogen-bond acceptors (Lipinski definition) is 3. The molecule has 0 N–H and O–H groups in total. The zero-order chi connectivity index (χ0) is 13.5. The Bertz CT molecular complexity index is 345. The van der Waals surface area contributed by atoms with Crippen LogP contribution in [0.2, 0.25) is 0 Å². The van der Waals surface area contributed by atoms with Crippen molar-refractivity contribution in [2.24, 2.45) is 0 Å². The van der Waals surface area contributed by atoms with E-state index in [1.165, 1.54) is 26.2 Å². The average molecular weight is 262 g/mol. The molecule has 1 heterocycles. The first-order chi connectivity index (χ1) is 9.25. The summed E-state index contributed by atoms with van der Waals surface area (Å²) < 4.78 is 5.72. The van der Waals surface area contributed by atoms with Crippen LogP contribution >= 0.6 is 0 Å². The number of para-hydroxylation sites is 1. The molecule has 1 aromatic carbocycles. The third-order valence-electron chi connectivity index (χ3n) is 3.77. The lowest BCUT2D eigenvalue weighted by molar-refractivity contribution is 0.104. The maximum Gasteiger partial charge on any atom is 0.119 e. The largest absolute Gasteiger partial charge is 0.494 e. The topological polar surface area (TPSA) is 15.7 Å².